The molecule has 0 radical (unpaired) electrons. The first kappa shape index (κ1) is 89.6. The number of ether oxygens (including phenoxy) is 2. The van der Waals surface area contributed by atoms with Crippen LogP contribution in [0.4, 0.5) is 0 Å². The molecule has 0 unspecified atom stereocenters. The highest BCUT2D eigenvalue weighted by Gasteiger charge is 2.41. The zero-order valence-electron chi connectivity index (χ0n) is 69.9. The number of aliphatic carboxylic acids is 1. The summed E-state index contributed by atoms with van der Waals surface area (Å²) in [5.41, 5.74) is 16.1. The number of piperidine rings is 4. The minimum absolute atomic E-state index is 0.0833. The summed E-state index contributed by atoms with van der Waals surface area (Å²) in [6.07, 6.45) is 26.2. The van der Waals surface area contributed by atoms with Crippen molar-refractivity contribution in [1.29, 1.82) is 0 Å². The Morgan fingerprint density at radius 1 is 0.432 bits per heavy atom. The molecular formula is C94H141N9O8. The minimum atomic E-state index is -0.692. The summed E-state index contributed by atoms with van der Waals surface area (Å²) in [6, 6.07) is 44.6. The Kier molecular flexibility index (Phi) is 37.0. The third-order valence-electron chi connectivity index (χ3n) is 23.2. The summed E-state index contributed by atoms with van der Waals surface area (Å²) in [7, 11) is 3.67. The Bertz CT molecular complexity index is 3540. The van der Waals surface area contributed by atoms with Gasteiger partial charge in [-0.15, -0.1) is 0 Å². The molecule has 610 valence electrons. The zero-order chi connectivity index (χ0) is 79.9. The van der Waals surface area contributed by atoms with E-state index in [1.54, 1.807) is 4.90 Å². The van der Waals surface area contributed by atoms with E-state index in [0.717, 1.165) is 135 Å². The smallest absolute Gasteiger partial charge is 0.307 e. The Hall–Kier alpha value is -6.93. The molecule has 8 fully saturated rings. The molecule has 4 aliphatic carbocycles. The molecule has 111 heavy (non-hydrogen) atoms. The SMILES string of the molecule is C/C(=C\c1ccccc1)[C@@H]1C[C@H]1N.C/C(=C\c1ccccc1)[C@@H]1C[C@H]1NCC1CCN(CCC(=O)N(C)C)CC1.C/C(=C\c1ccccc1)[C@@H]1C[C@H]1NCC1CCN(CCC(=O)O)CC1.C/C(=C\c1ccccc1)[C@@H]1C[C@H]1NCC1CCN(CCC(=O)OC(C)(C)C)CC1.CC(C)(C)OC(=O)CCN1CCC(C=O)CC1. The van der Waals surface area contributed by atoms with Crippen molar-refractivity contribution < 1.29 is 38.6 Å². The van der Waals surface area contributed by atoms with Crippen LogP contribution in [0, 0.1) is 47.3 Å². The summed E-state index contributed by atoms with van der Waals surface area (Å²) in [6.45, 7) is 35.2. The Morgan fingerprint density at radius 2 is 0.703 bits per heavy atom. The summed E-state index contributed by atoms with van der Waals surface area (Å²) in [5.74, 6) is 4.55. The van der Waals surface area contributed by atoms with Crippen LogP contribution in [0.2, 0.25) is 0 Å². The van der Waals surface area contributed by atoms with Gasteiger partial charge in [0, 0.05) is 76.8 Å². The van der Waals surface area contributed by atoms with Gasteiger partial charge in [-0.05, 0) is 282 Å². The number of rotatable bonds is 30. The van der Waals surface area contributed by atoms with Gasteiger partial charge in [-0.25, -0.2) is 0 Å². The molecule has 0 aromatic heterocycles. The van der Waals surface area contributed by atoms with Gasteiger partial charge in [0.25, 0.3) is 0 Å². The Balaban J connectivity index is 0.000000178. The first-order chi connectivity index (χ1) is 53.1. The molecule has 6 N–H and O–H groups in total. The molecule has 4 saturated heterocycles. The maximum absolute atomic E-state index is 11.9. The molecule has 0 spiro atoms. The van der Waals surface area contributed by atoms with Gasteiger partial charge in [0.05, 0.1) is 19.3 Å². The van der Waals surface area contributed by atoms with Crippen LogP contribution in [0.3, 0.4) is 0 Å². The summed E-state index contributed by atoms with van der Waals surface area (Å²) in [5, 5.41) is 20.1. The lowest BCUT2D eigenvalue weighted by atomic mass is 9.96. The van der Waals surface area contributed by atoms with Gasteiger partial charge in [0.1, 0.15) is 17.5 Å². The third kappa shape index (κ3) is 35.6. The van der Waals surface area contributed by atoms with Crippen molar-refractivity contribution in [2.75, 3.05) is 112 Å². The lowest BCUT2D eigenvalue weighted by Gasteiger charge is -2.32. The molecule has 17 nitrogen and oxygen atoms in total. The number of aldehydes is 1. The van der Waals surface area contributed by atoms with Gasteiger partial charge < -0.3 is 65.6 Å². The fourth-order valence-electron chi connectivity index (χ4n) is 15.7. The van der Waals surface area contributed by atoms with Crippen LogP contribution < -0.4 is 21.7 Å². The maximum atomic E-state index is 11.9. The molecule has 4 aliphatic heterocycles. The molecule has 1 amide bonds. The molecule has 0 bridgehead atoms. The van der Waals surface area contributed by atoms with Gasteiger partial charge in [0.2, 0.25) is 5.91 Å². The lowest BCUT2D eigenvalue weighted by Crippen LogP contribution is -2.39. The molecular weight excluding hydrogens is 1380 g/mol. The zero-order valence-corrected chi connectivity index (χ0v) is 69.9. The highest BCUT2D eigenvalue weighted by Crippen LogP contribution is 2.41. The van der Waals surface area contributed by atoms with Gasteiger partial charge in [-0.1, -0.05) is 168 Å². The monoisotopic (exact) mass is 1520 g/mol. The fraction of sp³-hybridized carbons (Fsp3) is 0.606. The molecule has 12 rings (SSSR count). The van der Waals surface area contributed by atoms with Crippen LogP contribution in [0.25, 0.3) is 24.3 Å². The molecule has 4 aromatic carbocycles. The molecule has 8 aliphatic rings. The maximum Gasteiger partial charge on any atom is 0.307 e. The van der Waals surface area contributed by atoms with E-state index in [1.807, 2.05) is 61.7 Å². The number of nitrogens with two attached hydrogens (primary N) is 1. The largest absolute Gasteiger partial charge is 0.481 e. The summed E-state index contributed by atoms with van der Waals surface area (Å²) >= 11 is 0. The van der Waals surface area contributed by atoms with Crippen LogP contribution in [-0.2, 0) is 33.4 Å². The van der Waals surface area contributed by atoms with Gasteiger partial charge >= 0.3 is 17.9 Å². The molecule has 8 atom stereocenters. The summed E-state index contributed by atoms with van der Waals surface area (Å²) < 4.78 is 10.7. The average Bonchev–Trinajstić information content (AvgIpc) is 1.69. The second-order valence-electron chi connectivity index (χ2n) is 35.3. The van der Waals surface area contributed by atoms with Crippen molar-refractivity contribution in [3.8, 4) is 0 Å². The van der Waals surface area contributed by atoms with E-state index in [9.17, 15) is 24.0 Å². The molecule has 4 heterocycles. The number of carboxylic acids is 1. The van der Waals surface area contributed by atoms with Crippen molar-refractivity contribution in [3.63, 3.8) is 0 Å². The predicted octanol–water partition coefficient (Wildman–Crippen LogP) is 15.1. The van der Waals surface area contributed by atoms with E-state index in [0.29, 0.717) is 73.6 Å². The highest BCUT2D eigenvalue weighted by atomic mass is 16.6. The first-order valence-electron chi connectivity index (χ1n) is 42.2. The number of carbonyl (C=O) groups is 5. The van der Waals surface area contributed by atoms with Gasteiger partial charge in [0.15, 0.2) is 0 Å². The van der Waals surface area contributed by atoms with Crippen molar-refractivity contribution in [2.45, 2.75) is 207 Å². The van der Waals surface area contributed by atoms with Crippen molar-refractivity contribution in [3.05, 3.63) is 166 Å². The number of likely N-dealkylation sites (tertiary alicyclic amines) is 4. The minimum Gasteiger partial charge on any atom is -0.481 e. The second kappa shape index (κ2) is 45.8. The molecule has 17 heteroatoms. The molecule has 4 saturated carbocycles. The van der Waals surface area contributed by atoms with Gasteiger partial charge in [-0.2, -0.15) is 0 Å². The topological polar surface area (TPSA) is 202 Å². The lowest BCUT2D eigenvalue weighted by molar-refractivity contribution is -0.156. The second-order valence-corrected chi connectivity index (χ2v) is 35.3. The number of esters is 2. The van der Waals surface area contributed by atoms with E-state index < -0.39 is 11.6 Å². The number of carbonyl (C=O) groups excluding carboxylic acids is 4. The fourth-order valence-corrected chi connectivity index (χ4v) is 15.7. The standard InChI is InChI=1S/C25H38N2O2.C23H35N3O.C21H30N2O2.C13H23NO3.C12H15N/c1-19(16-20-8-6-5-7-9-20)22-17-23(22)26-18-21-10-13-27(14-11-21)15-12-24(28)29-25(2,3)4;1-18(15-19-7-5-4-6-8-19)21-16-22(21)24-17-20-9-12-26(13-10-20)14-11-23(27)25(2)3;1-16(13-17-5-3-2-4-6-17)19-14-20(19)22-15-18-7-10-23(11-8-18)12-9-21(24)25;1-13(2,3)17-12(16)6-9-14-7-4-11(10-15)5-8-14;1-9(11-8-12(11)13)7-10-5-3-2-4-6-10/h5-9,16,21-23,26H,10-15,17-18H2,1-4H3;4-8,15,20-22,24H,9-14,16-17H2,1-3H3;2-6,13,18-20,22H,7-12,14-15H2,1H3,(H,24,25);10-11H,4-9H2,1-3H3;2-7,11-12H,8,13H2,1H3/b19-16+;18-15+;16-13+;;9-7+/t22-,23+;21-,22+;19-,20+;;11-,12+/m000.0/s1. The Morgan fingerprint density at radius 3 is 0.964 bits per heavy atom. The highest BCUT2D eigenvalue weighted by molar-refractivity contribution is 5.75. The number of nitrogens with zero attached hydrogens (tertiary/aromatic N) is 5. The van der Waals surface area contributed by atoms with Crippen LogP contribution in [-0.4, -0.2) is 207 Å². The van der Waals surface area contributed by atoms with Gasteiger partial charge in [-0.3, -0.25) is 19.2 Å². The Labute approximate surface area is 668 Å². The van der Waals surface area contributed by atoms with E-state index in [-0.39, 0.29) is 35.8 Å². The number of amides is 1. The number of nitrogens with one attached hydrogen (secondary N) is 3. The van der Waals surface area contributed by atoms with Crippen molar-refractivity contribution in [2.24, 2.45) is 53.1 Å². The van der Waals surface area contributed by atoms with E-state index in [1.165, 1.54) is 102 Å². The number of hydrogen-bond donors (Lipinski definition) is 5. The third-order valence-corrected chi connectivity index (χ3v) is 23.2. The number of benzene rings is 4. The number of hydrogen-bond acceptors (Lipinski definition) is 15. The van der Waals surface area contributed by atoms with Crippen LogP contribution in [0.15, 0.2) is 144 Å². The van der Waals surface area contributed by atoms with Crippen molar-refractivity contribution >= 4 is 54.4 Å². The average molecular weight is 1530 g/mol. The first-order valence-corrected chi connectivity index (χ1v) is 42.2. The van der Waals surface area contributed by atoms with Crippen LogP contribution in [0.5, 0.6) is 0 Å². The van der Waals surface area contributed by atoms with E-state index in [4.69, 9.17) is 20.3 Å². The number of carboxylic acid groups (broad SMARTS) is 1. The summed E-state index contributed by atoms with van der Waals surface area (Å²) in [4.78, 5) is 67.4. The normalized spacial score (nSPS) is 23.8. The van der Waals surface area contributed by atoms with E-state index >= 15 is 0 Å². The van der Waals surface area contributed by atoms with Crippen molar-refractivity contribution in [1.82, 2.24) is 40.4 Å². The van der Waals surface area contributed by atoms with Crippen LogP contribution in [0.1, 0.15) is 194 Å². The molecule has 4 aromatic rings. The predicted molar refractivity (Wildman–Crippen MR) is 455 cm³/mol. The quantitative estimate of drug-likeness (QED) is 0.0243. The van der Waals surface area contributed by atoms with Crippen LogP contribution >= 0.6 is 0 Å². The van der Waals surface area contributed by atoms with E-state index in [2.05, 4.69) is 203 Å².